The summed E-state index contributed by atoms with van der Waals surface area (Å²) < 4.78 is 1.59. The van der Waals surface area contributed by atoms with Gasteiger partial charge in [-0.05, 0) is 56.8 Å². The first kappa shape index (κ1) is 17.0. The van der Waals surface area contributed by atoms with Gasteiger partial charge in [-0.2, -0.15) is 0 Å². The molecule has 0 heterocycles. The Balaban J connectivity index is 2.25. The van der Waals surface area contributed by atoms with Crippen LogP contribution in [0.1, 0.15) is 25.7 Å². The van der Waals surface area contributed by atoms with Gasteiger partial charge in [0.25, 0.3) is 0 Å². The molecule has 0 saturated heterocycles. The predicted molar refractivity (Wildman–Crippen MR) is 85.0 cm³/mol. The van der Waals surface area contributed by atoms with Crippen LogP contribution in [-0.2, 0) is 4.79 Å². The van der Waals surface area contributed by atoms with Crippen molar-refractivity contribution in [1.29, 1.82) is 0 Å². The summed E-state index contributed by atoms with van der Waals surface area (Å²) in [6.07, 6.45) is 2.35. The molecule has 1 aromatic rings. The molecule has 0 atom stereocenters. The minimum atomic E-state index is -0.783. The summed E-state index contributed by atoms with van der Waals surface area (Å²) in [5, 5.41) is 14.0. The molecular formula is C13H16Br2N2O3. The van der Waals surface area contributed by atoms with Gasteiger partial charge in [-0.1, -0.05) is 12.5 Å². The number of carboxylic acids is 1. The lowest BCUT2D eigenvalue weighted by Crippen LogP contribution is -2.29. The van der Waals surface area contributed by atoms with Gasteiger partial charge in [0.05, 0.1) is 5.69 Å². The lowest BCUT2D eigenvalue weighted by molar-refractivity contribution is -0.137. The van der Waals surface area contributed by atoms with Crippen LogP contribution in [0, 0.1) is 0 Å². The normalized spacial score (nSPS) is 10.1. The summed E-state index contributed by atoms with van der Waals surface area (Å²) in [6, 6.07) is 5.26. The van der Waals surface area contributed by atoms with Gasteiger partial charge >= 0.3 is 12.0 Å². The van der Waals surface area contributed by atoms with Crippen molar-refractivity contribution in [2.24, 2.45) is 0 Å². The van der Waals surface area contributed by atoms with E-state index in [4.69, 9.17) is 5.11 Å². The number of benzene rings is 1. The molecule has 0 fully saturated rings. The fourth-order valence-corrected chi connectivity index (χ4v) is 2.75. The second kappa shape index (κ2) is 8.97. The lowest BCUT2D eigenvalue weighted by Gasteiger charge is -2.10. The zero-order chi connectivity index (χ0) is 15.0. The summed E-state index contributed by atoms with van der Waals surface area (Å²) in [5.74, 6) is -0.783. The second-order valence-corrected chi connectivity index (χ2v) is 5.89. The van der Waals surface area contributed by atoms with Crippen LogP contribution < -0.4 is 10.6 Å². The zero-order valence-electron chi connectivity index (χ0n) is 10.8. The van der Waals surface area contributed by atoms with Gasteiger partial charge in [-0.25, -0.2) is 4.79 Å². The molecule has 1 rings (SSSR count). The smallest absolute Gasteiger partial charge is 0.319 e. The Kier molecular flexibility index (Phi) is 7.61. The molecule has 2 amide bonds. The van der Waals surface area contributed by atoms with E-state index in [0.717, 1.165) is 21.8 Å². The fourth-order valence-electron chi connectivity index (χ4n) is 1.55. The maximum atomic E-state index is 11.7. The van der Waals surface area contributed by atoms with Crippen molar-refractivity contribution in [3.05, 3.63) is 27.1 Å². The van der Waals surface area contributed by atoms with Crippen molar-refractivity contribution in [2.75, 3.05) is 11.9 Å². The third kappa shape index (κ3) is 6.38. The number of nitrogens with one attached hydrogen (secondary N) is 2. The first-order chi connectivity index (χ1) is 9.50. The molecule has 5 nitrogen and oxygen atoms in total. The number of urea groups is 1. The molecule has 3 N–H and O–H groups in total. The number of carbonyl (C=O) groups is 2. The summed E-state index contributed by atoms with van der Waals surface area (Å²) >= 11 is 6.73. The SMILES string of the molecule is O=C(O)CCCCCNC(=O)Nc1c(Br)cccc1Br. The molecule has 0 aliphatic heterocycles. The van der Waals surface area contributed by atoms with Gasteiger partial charge in [0, 0.05) is 21.9 Å². The molecule has 0 aliphatic carbocycles. The number of anilines is 1. The average Bonchev–Trinajstić information content (AvgIpc) is 2.38. The molecule has 7 heteroatoms. The highest BCUT2D eigenvalue weighted by Crippen LogP contribution is 2.30. The predicted octanol–water partition coefficient (Wildman–Crippen LogP) is 3.98. The topological polar surface area (TPSA) is 78.4 Å². The van der Waals surface area contributed by atoms with E-state index in [0.29, 0.717) is 18.7 Å². The van der Waals surface area contributed by atoms with E-state index in [-0.39, 0.29) is 12.5 Å². The monoisotopic (exact) mass is 406 g/mol. The van der Waals surface area contributed by atoms with Gasteiger partial charge in [0.15, 0.2) is 0 Å². The van der Waals surface area contributed by atoms with Crippen LogP contribution in [0.3, 0.4) is 0 Å². The van der Waals surface area contributed by atoms with Gasteiger partial charge in [-0.3, -0.25) is 4.79 Å². The molecule has 110 valence electrons. The molecule has 0 aromatic heterocycles. The number of carboxylic acid groups (broad SMARTS) is 1. The lowest BCUT2D eigenvalue weighted by atomic mass is 10.2. The van der Waals surface area contributed by atoms with E-state index in [1.165, 1.54) is 0 Å². The Labute approximate surface area is 134 Å². The van der Waals surface area contributed by atoms with Crippen LogP contribution in [0.25, 0.3) is 0 Å². The average molecular weight is 408 g/mol. The molecule has 0 saturated carbocycles. The molecule has 0 bridgehead atoms. The van der Waals surface area contributed by atoms with E-state index >= 15 is 0 Å². The third-order valence-corrected chi connectivity index (χ3v) is 3.88. The van der Waals surface area contributed by atoms with E-state index < -0.39 is 5.97 Å². The van der Waals surface area contributed by atoms with Crippen LogP contribution >= 0.6 is 31.9 Å². The van der Waals surface area contributed by atoms with E-state index in [1.807, 2.05) is 18.2 Å². The molecule has 0 spiro atoms. The standard InChI is InChI=1S/C13H16Br2N2O3/c14-9-5-4-6-10(15)12(9)17-13(20)16-8-3-1-2-7-11(18)19/h4-6H,1-3,7-8H2,(H,18,19)(H2,16,17,20). The fraction of sp³-hybridized carbons (Fsp3) is 0.385. The van der Waals surface area contributed by atoms with Crippen LogP contribution in [0.4, 0.5) is 10.5 Å². The first-order valence-electron chi connectivity index (χ1n) is 6.21. The van der Waals surface area contributed by atoms with Crippen molar-refractivity contribution >= 4 is 49.5 Å². The van der Waals surface area contributed by atoms with Crippen LogP contribution in [0.5, 0.6) is 0 Å². The molecule has 20 heavy (non-hydrogen) atoms. The van der Waals surface area contributed by atoms with Gasteiger partial charge < -0.3 is 15.7 Å². The third-order valence-electron chi connectivity index (χ3n) is 2.55. The summed E-state index contributed by atoms with van der Waals surface area (Å²) in [5.41, 5.74) is 0.677. The number of para-hydroxylation sites is 1. The van der Waals surface area contributed by atoms with Crippen molar-refractivity contribution in [2.45, 2.75) is 25.7 Å². The highest BCUT2D eigenvalue weighted by Gasteiger charge is 2.08. The summed E-state index contributed by atoms with van der Waals surface area (Å²) in [4.78, 5) is 22.0. The highest BCUT2D eigenvalue weighted by atomic mass is 79.9. The number of carbonyl (C=O) groups excluding carboxylic acids is 1. The zero-order valence-corrected chi connectivity index (χ0v) is 14.0. The Morgan fingerprint density at radius 1 is 1.10 bits per heavy atom. The number of rotatable bonds is 7. The van der Waals surface area contributed by atoms with E-state index in [2.05, 4.69) is 42.5 Å². The molecule has 1 aromatic carbocycles. The minimum absolute atomic E-state index is 0.177. The van der Waals surface area contributed by atoms with E-state index in [1.54, 1.807) is 0 Å². The number of halogens is 2. The Hall–Kier alpha value is -1.08. The van der Waals surface area contributed by atoms with Gasteiger partial charge in [0.2, 0.25) is 0 Å². The Bertz CT molecular complexity index is 460. The van der Waals surface area contributed by atoms with Crippen molar-refractivity contribution in [3.63, 3.8) is 0 Å². The molecule has 0 aliphatic rings. The summed E-state index contributed by atoms with van der Waals surface area (Å²) in [7, 11) is 0. The number of aliphatic carboxylic acids is 1. The van der Waals surface area contributed by atoms with Crippen LogP contribution in [-0.4, -0.2) is 23.7 Å². The van der Waals surface area contributed by atoms with Crippen molar-refractivity contribution < 1.29 is 14.7 Å². The first-order valence-corrected chi connectivity index (χ1v) is 7.80. The quantitative estimate of drug-likeness (QED) is 0.598. The second-order valence-electron chi connectivity index (χ2n) is 4.18. The number of hydrogen-bond donors (Lipinski definition) is 3. The number of unbranched alkanes of at least 4 members (excludes halogenated alkanes) is 2. The minimum Gasteiger partial charge on any atom is -0.481 e. The Morgan fingerprint density at radius 2 is 1.75 bits per heavy atom. The molecule has 0 radical (unpaired) electrons. The van der Waals surface area contributed by atoms with Crippen LogP contribution in [0.15, 0.2) is 27.1 Å². The Morgan fingerprint density at radius 3 is 2.35 bits per heavy atom. The van der Waals surface area contributed by atoms with Gasteiger partial charge in [0.1, 0.15) is 0 Å². The number of amides is 2. The van der Waals surface area contributed by atoms with Crippen molar-refractivity contribution in [3.8, 4) is 0 Å². The van der Waals surface area contributed by atoms with Gasteiger partial charge in [-0.15, -0.1) is 0 Å². The molecule has 0 unspecified atom stereocenters. The van der Waals surface area contributed by atoms with E-state index in [9.17, 15) is 9.59 Å². The molecular weight excluding hydrogens is 392 g/mol. The largest absolute Gasteiger partial charge is 0.481 e. The van der Waals surface area contributed by atoms with Crippen LogP contribution in [0.2, 0.25) is 0 Å². The highest BCUT2D eigenvalue weighted by molar-refractivity contribution is 9.11. The van der Waals surface area contributed by atoms with Crippen molar-refractivity contribution in [1.82, 2.24) is 5.32 Å². The maximum Gasteiger partial charge on any atom is 0.319 e. The maximum absolute atomic E-state index is 11.7. The summed E-state index contributed by atoms with van der Waals surface area (Å²) in [6.45, 7) is 0.521. The number of hydrogen-bond acceptors (Lipinski definition) is 2.